The molecule has 10 heteroatoms. The second-order valence-electron chi connectivity index (χ2n) is 10.8. The molecule has 3 N–H and O–H groups in total. The number of amides is 1. The number of thiophene rings is 1. The third kappa shape index (κ3) is 4.97. The predicted octanol–water partition coefficient (Wildman–Crippen LogP) is 6.82. The lowest BCUT2D eigenvalue weighted by Gasteiger charge is -2.18. The molecule has 0 bridgehead atoms. The highest BCUT2D eigenvalue weighted by molar-refractivity contribution is 7.23. The molecule has 1 amide bonds. The van der Waals surface area contributed by atoms with Crippen LogP contribution in [0.2, 0.25) is 0 Å². The first-order chi connectivity index (χ1) is 19.7. The second kappa shape index (κ2) is 10.7. The summed E-state index contributed by atoms with van der Waals surface area (Å²) >= 11 is 1.53. The molecular formula is C31H31FN6O2S. The molecule has 8 nitrogen and oxygen atoms in total. The molecule has 4 aromatic heterocycles. The molecule has 0 spiro atoms. The van der Waals surface area contributed by atoms with E-state index in [4.69, 9.17) is 15.1 Å². The molecule has 1 aliphatic rings. The van der Waals surface area contributed by atoms with Crippen LogP contribution >= 0.6 is 11.3 Å². The monoisotopic (exact) mass is 570 g/mol. The first kappa shape index (κ1) is 27.0. The summed E-state index contributed by atoms with van der Waals surface area (Å²) < 4.78 is 20.6. The Balaban J connectivity index is 1.54. The number of fused-ring (bicyclic) bond motifs is 2. The van der Waals surface area contributed by atoms with E-state index in [1.165, 1.54) is 17.4 Å². The maximum absolute atomic E-state index is 13.8. The number of halogens is 1. The van der Waals surface area contributed by atoms with Crippen LogP contribution < -0.4 is 11.1 Å². The topological polar surface area (TPSA) is 120 Å². The summed E-state index contributed by atoms with van der Waals surface area (Å²) in [5, 5.41) is 12.9. The summed E-state index contributed by atoms with van der Waals surface area (Å²) in [5.74, 6) is 0.967. The fraction of sp³-hybridized carbons (Fsp3) is 0.323. The molecule has 5 aromatic rings. The predicted molar refractivity (Wildman–Crippen MR) is 158 cm³/mol. The number of hydrogen-bond acceptors (Lipinski definition) is 8. The van der Waals surface area contributed by atoms with Gasteiger partial charge in [0.15, 0.2) is 0 Å². The number of carbonyl (C=O) groups excluding carboxylic acids is 1. The van der Waals surface area contributed by atoms with Crippen molar-refractivity contribution in [3.05, 3.63) is 76.3 Å². The Morgan fingerprint density at radius 2 is 2.02 bits per heavy atom. The molecule has 0 aliphatic heterocycles. The molecule has 0 saturated carbocycles. The summed E-state index contributed by atoms with van der Waals surface area (Å²) in [6.07, 6.45) is 4.63. The molecular weight excluding hydrogens is 539 g/mol. The van der Waals surface area contributed by atoms with Crippen molar-refractivity contribution in [1.82, 2.24) is 20.2 Å². The van der Waals surface area contributed by atoms with E-state index in [1.54, 1.807) is 19.2 Å². The zero-order valence-electron chi connectivity index (χ0n) is 23.4. The van der Waals surface area contributed by atoms with Crippen LogP contribution in [0.4, 0.5) is 10.2 Å². The number of nitrogens with two attached hydrogens (primary N) is 1. The molecule has 41 heavy (non-hydrogen) atoms. The van der Waals surface area contributed by atoms with Crippen molar-refractivity contribution in [2.45, 2.75) is 59.4 Å². The van der Waals surface area contributed by atoms with Gasteiger partial charge < -0.3 is 15.5 Å². The molecule has 0 radical (unpaired) electrons. The molecule has 0 fully saturated rings. The minimum absolute atomic E-state index is 0.0256. The summed E-state index contributed by atoms with van der Waals surface area (Å²) in [5.41, 5.74) is 11.3. The van der Waals surface area contributed by atoms with E-state index in [1.807, 2.05) is 19.1 Å². The van der Waals surface area contributed by atoms with Crippen LogP contribution in [0.3, 0.4) is 0 Å². The number of aryl methyl sites for hydroxylation is 3. The van der Waals surface area contributed by atoms with Crippen molar-refractivity contribution in [2.75, 3.05) is 5.32 Å². The van der Waals surface area contributed by atoms with Gasteiger partial charge in [-0.15, -0.1) is 21.5 Å². The third-order valence-electron chi connectivity index (χ3n) is 7.44. The summed E-state index contributed by atoms with van der Waals surface area (Å²) in [7, 11) is 0. The number of rotatable bonds is 8. The molecule has 0 saturated heterocycles. The lowest BCUT2D eigenvalue weighted by atomic mass is 9.92. The van der Waals surface area contributed by atoms with E-state index in [-0.39, 0.29) is 17.8 Å². The Bertz CT molecular complexity index is 1790. The van der Waals surface area contributed by atoms with Gasteiger partial charge in [0.1, 0.15) is 11.6 Å². The van der Waals surface area contributed by atoms with Crippen LogP contribution in [0.15, 0.2) is 40.9 Å². The fourth-order valence-electron chi connectivity index (χ4n) is 5.71. The summed E-state index contributed by atoms with van der Waals surface area (Å²) in [6, 6.07) is 9.01. The fourth-order valence-corrected chi connectivity index (χ4v) is 6.88. The largest absolute Gasteiger partial charge is 0.421 e. The number of hydrogen-bond donors (Lipinski definition) is 2. The zero-order valence-corrected chi connectivity index (χ0v) is 24.2. The van der Waals surface area contributed by atoms with Crippen LogP contribution in [0, 0.1) is 18.7 Å². The van der Waals surface area contributed by atoms with Gasteiger partial charge in [0.2, 0.25) is 11.8 Å². The Labute approximate surface area is 241 Å². The van der Waals surface area contributed by atoms with E-state index in [9.17, 15) is 9.18 Å². The summed E-state index contributed by atoms with van der Waals surface area (Å²) in [4.78, 5) is 23.5. The number of nitrogens with zero attached hydrogens (tertiary/aromatic N) is 4. The van der Waals surface area contributed by atoms with Crippen molar-refractivity contribution < 1.29 is 13.6 Å². The summed E-state index contributed by atoms with van der Waals surface area (Å²) in [6.45, 7) is 7.93. The molecule has 6 rings (SSSR count). The molecule has 1 aromatic carbocycles. The van der Waals surface area contributed by atoms with Gasteiger partial charge in [0.25, 0.3) is 5.91 Å². The number of carbonyl (C=O) groups is 1. The normalized spacial score (nSPS) is 14.6. The van der Waals surface area contributed by atoms with Crippen LogP contribution in [0.25, 0.3) is 32.0 Å². The average molecular weight is 571 g/mol. The number of primary amides is 1. The standard InChI is InChI=1S/C31H31FN6O2S/c1-5-21-26(31-38-37-16(4)40-31)27(25(29(33)39)23(35-21)12-15(2)3)24-14-18-10-11-34-30(28(18)41-24)36-22-9-6-17-13-19(32)7-8-20(17)22/h7-8,10-11,13-15,22H,5-6,9,12H2,1-4H3,(H2,33,39)(H,34,36). The first-order valence-corrected chi connectivity index (χ1v) is 14.6. The molecule has 4 heterocycles. The van der Waals surface area contributed by atoms with Gasteiger partial charge in [-0.2, -0.15) is 0 Å². The lowest BCUT2D eigenvalue weighted by molar-refractivity contribution is 0.0999. The quantitative estimate of drug-likeness (QED) is 0.210. The van der Waals surface area contributed by atoms with Gasteiger partial charge in [0.05, 0.1) is 33.3 Å². The Hall–Kier alpha value is -4.18. The first-order valence-electron chi connectivity index (χ1n) is 13.8. The van der Waals surface area contributed by atoms with Crippen molar-refractivity contribution in [3.63, 3.8) is 0 Å². The van der Waals surface area contributed by atoms with E-state index in [0.29, 0.717) is 47.0 Å². The van der Waals surface area contributed by atoms with Crippen molar-refractivity contribution in [1.29, 1.82) is 0 Å². The third-order valence-corrected chi connectivity index (χ3v) is 8.62. The Kier molecular flexibility index (Phi) is 7.03. The van der Waals surface area contributed by atoms with Crippen molar-refractivity contribution in [2.24, 2.45) is 11.7 Å². The van der Waals surface area contributed by atoms with Gasteiger partial charge in [-0.05, 0) is 72.4 Å². The van der Waals surface area contributed by atoms with Crippen LogP contribution in [-0.4, -0.2) is 26.1 Å². The van der Waals surface area contributed by atoms with Gasteiger partial charge in [-0.25, -0.2) is 9.37 Å². The Morgan fingerprint density at radius 3 is 2.73 bits per heavy atom. The SMILES string of the molecule is CCc1nc(CC(C)C)c(C(N)=O)c(-c2cc3ccnc(NC4CCc5cc(F)ccc54)c3s2)c1-c1nnc(C)o1. The molecule has 1 aliphatic carbocycles. The molecule has 1 atom stereocenters. The van der Waals surface area contributed by atoms with Crippen LogP contribution in [0.1, 0.15) is 72.0 Å². The lowest BCUT2D eigenvalue weighted by Crippen LogP contribution is -2.19. The minimum atomic E-state index is -0.549. The van der Waals surface area contributed by atoms with Crippen molar-refractivity contribution >= 4 is 33.1 Å². The van der Waals surface area contributed by atoms with Gasteiger partial charge in [0, 0.05) is 23.6 Å². The minimum Gasteiger partial charge on any atom is -0.421 e. The number of pyridine rings is 2. The van der Waals surface area contributed by atoms with Gasteiger partial charge in [-0.3, -0.25) is 9.78 Å². The second-order valence-corrected chi connectivity index (χ2v) is 11.9. The Morgan fingerprint density at radius 1 is 1.20 bits per heavy atom. The number of anilines is 1. The zero-order chi connectivity index (χ0) is 28.8. The highest BCUT2D eigenvalue weighted by Crippen LogP contribution is 2.45. The van der Waals surface area contributed by atoms with E-state index in [0.717, 1.165) is 50.4 Å². The van der Waals surface area contributed by atoms with Crippen LogP contribution in [0.5, 0.6) is 0 Å². The molecule has 210 valence electrons. The van der Waals surface area contributed by atoms with E-state index >= 15 is 0 Å². The smallest absolute Gasteiger partial charge is 0.251 e. The van der Waals surface area contributed by atoms with Crippen LogP contribution in [-0.2, 0) is 19.3 Å². The maximum atomic E-state index is 13.8. The van der Waals surface area contributed by atoms with Crippen molar-refractivity contribution in [3.8, 4) is 21.9 Å². The van der Waals surface area contributed by atoms with Gasteiger partial charge >= 0.3 is 0 Å². The van der Waals surface area contributed by atoms with Gasteiger partial charge in [-0.1, -0.05) is 26.8 Å². The highest BCUT2D eigenvalue weighted by atomic mass is 32.1. The number of nitrogens with one attached hydrogen (secondary N) is 1. The average Bonchev–Trinajstić information content (AvgIpc) is 3.66. The van der Waals surface area contributed by atoms with E-state index in [2.05, 4.69) is 40.4 Å². The maximum Gasteiger partial charge on any atom is 0.251 e. The van der Waals surface area contributed by atoms with E-state index < -0.39 is 5.91 Å². The highest BCUT2D eigenvalue weighted by Gasteiger charge is 2.29. The number of aromatic nitrogens is 4. The molecule has 1 unspecified atom stereocenters. The number of benzene rings is 1.